The van der Waals surface area contributed by atoms with Crippen LogP contribution in [0.5, 0.6) is 17.2 Å². The second-order valence-corrected chi connectivity index (χ2v) is 5.93. The largest absolute Gasteiger partial charge is 0.497 e. The first kappa shape index (κ1) is 19.6. The molecular weight excluding hydrogens is 356 g/mol. The molecule has 0 saturated heterocycles. The van der Waals surface area contributed by atoms with Crippen LogP contribution in [0.4, 0.5) is 0 Å². The Bertz CT molecular complexity index is 821. The van der Waals surface area contributed by atoms with Crippen LogP contribution in [0.3, 0.4) is 0 Å². The first-order valence-corrected chi connectivity index (χ1v) is 8.27. The fraction of sp³-hybridized carbons (Fsp3) is 0.263. The van der Waals surface area contributed by atoms with Crippen LogP contribution in [-0.4, -0.2) is 32.4 Å². The summed E-state index contributed by atoms with van der Waals surface area (Å²) in [5.74, 6) is 1.51. The van der Waals surface area contributed by atoms with Crippen molar-refractivity contribution in [2.24, 2.45) is 5.10 Å². The number of aryl methyl sites for hydroxylation is 1. The zero-order valence-electron chi connectivity index (χ0n) is 15.1. The van der Waals surface area contributed by atoms with Crippen molar-refractivity contribution < 1.29 is 19.0 Å². The summed E-state index contributed by atoms with van der Waals surface area (Å²) in [6.45, 7) is 3.48. The summed E-state index contributed by atoms with van der Waals surface area (Å²) in [5.41, 5.74) is 4.68. The van der Waals surface area contributed by atoms with Crippen LogP contribution < -0.4 is 19.6 Å². The number of rotatable bonds is 7. The summed E-state index contributed by atoms with van der Waals surface area (Å²) < 4.78 is 16.0. The average molecular weight is 377 g/mol. The van der Waals surface area contributed by atoms with Gasteiger partial charge in [-0.25, -0.2) is 5.43 Å². The minimum Gasteiger partial charge on any atom is -0.497 e. The molecule has 6 nitrogen and oxygen atoms in total. The number of methoxy groups -OCH3 is 2. The summed E-state index contributed by atoms with van der Waals surface area (Å²) in [4.78, 5) is 12.0. The molecule has 1 amide bonds. The molecular formula is C19H21ClN2O4. The summed E-state index contributed by atoms with van der Waals surface area (Å²) in [6.07, 6.45) is 0. The Kier molecular flexibility index (Phi) is 6.86. The van der Waals surface area contributed by atoms with E-state index in [1.54, 1.807) is 51.5 Å². The zero-order chi connectivity index (χ0) is 19.1. The highest BCUT2D eigenvalue weighted by Crippen LogP contribution is 2.25. The molecule has 0 atom stereocenters. The van der Waals surface area contributed by atoms with Crippen molar-refractivity contribution in [1.29, 1.82) is 0 Å². The number of nitrogens with one attached hydrogen (secondary N) is 1. The van der Waals surface area contributed by atoms with Crippen LogP contribution in [0.15, 0.2) is 41.5 Å². The average Bonchev–Trinajstić information content (AvgIpc) is 2.64. The van der Waals surface area contributed by atoms with Crippen LogP contribution in [0, 0.1) is 6.92 Å². The summed E-state index contributed by atoms with van der Waals surface area (Å²) >= 11 is 5.90. The second kappa shape index (κ2) is 9.10. The maximum absolute atomic E-state index is 12.0. The second-order valence-electron chi connectivity index (χ2n) is 5.50. The molecule has 138 valence electrons. The smallest absolute Gasteiger partial charge is 0.277 e. The van der Waals surface area contributed by atoms with E-state index in [1.165, 1.54) is 0 Å². The fourth-order valence-corrected chi connectivity index (χ4v) is 2.48. The van der Waals surface area contributed by atoms with E-state index in [0.717, 1.165) is 11.1 Å². The Morgan fingerprint density at radius 2 is 1.88 bits per heavy atom. The number of hydrogen-bond acceptors (Lipinski definition) is 5. The fourth-order valence-electron chi connectivity index (χ4n) is 2.25. The van der Waals surface area contributed by atoms with Gasteiger partial charge in [-0.3, -0.25) is 4.79 Å². The van der Waals surface area contributed by atoms with E-state index in [9.17, 15) is 4.79 Å². The normalized spacial score (nSPS) is 11.0. The number of hydrazone groups is 1. The molecule has 0 saturated carbocycles. The third-order valence-corrected chi connectivity index (χ3v) is 3.88. The van der Waals surface area contributed by atoms with Gasteiger partial charge in [0.2, 0.25) is 0 Å². The van der Waals surface area contributed by atoms with Crippen LogP contribution in [-0.2, 0) is 4.79 Å². The lowest BCUT2D eigenvalue weighted by Crippen LogP contribution is -2.25. The van der Waals surface area contributed by atoms with Crippen molar-refractivity contribution in [3.05, 3.63) is 52.5 Å². The van der Waals surface area contributed by atoms with E-state index in [2.05, 4.69) is 10.5 Å². The number of ether oxygens (including phenoxy) is 3. The minimum absolute atomic E-state index is 0.154. The number of carbonyl (C=O) groups excluding carboxylic acids is 1. The van der Waals surface area contributed by atoms with Crippen LogP contribution in [0.2, 0.25) is 5.02 Å². The van der Waals surface area contributed by atoms with Crippen LogP contribution >= 0.6 is 11.6 Å². The van der Waals surface area contributed by atoms with Gasteiger partial charge in [-0.1, -0.05) is 11.6 Å². The van der Waals surface area contributed by atoms with Crippen molar-refractivity contribution in [1.82, 2.24) is 5.43 Å². The van der Waals surface area contributed by atoms with Gasteiger partial charge in [0.15, 0.2) is 6.61 Å². The van der Waals surface area contributed by atoms with Crippen molar-refractivity contribution in [2.75, 3.05) is 20.8 Å². The molecule has 1 N–H and O–H groups in total. The molecule has 0 unspecified atom stereocenters. The van der Waals surface area contributed by atoms with Gasteiger partial charge >= 0.3 is 0 Å². The van der Waals surface area contributed by atoms with E-state index >= 15 is 0 Å². The van der Waals surface area contributed by atoms with E-state index in [4.69, 9.17) is 25.8 Å². The Morgan fingerprint density at radius 1 is 1.12 bits per heavy atom. The number of amides is 1. The number of benzene rings is 2. The summed E-state index contributed by atoms with van der Waals surface area (Å²) in [6, 6.07) is 10.6. The van der Waals surface area contributed by atoms with Gasteiger partial charge in [-0.2, -0.15) is 5.10 Å². The first-order valence-electron chi connectivity index (χ1n) is 7.89. The molecule has 0 spiro atoms. The molecule has 26 heavy (non-hydrogen) atoms. The standard InChI is InChI=1S/C19H21ClN2O4/c1-12-9-14(20)5-8-17(12)26-11-19(23)22-21-13(2)16-7-6-15(24-3)10-18(16)25-4/h5-10H,11H2,1-4H3,(H,22,23)/b21-13-. The maximum atomic E-state index is 12.0. The van der Waals surface area contributed by atoms with Crippen molar-refractivity contribution in [2.45, 2.75) is 13.8 Å². The monoisotopic (exact) mass is 376 g/mol. The van der Waals surface area contributed by atoms with Crippen LogP contribution in [0.1, 0.15) is 18.1 Å². The van der Waals surface area contributed by atoms with Gasteiger partial charge in [0.25, 0.3) is 5.91 Å². The lowest BCUT2D eigenvalue weighted by Gasteiger charge is -2.11. The minimum atomic E-state index is -0.369. The summed E-state index contributed by atoms with van der Waals surface area (Å²) in [5, 5.41) is 4.72. The number of nitrogens with zero attached hydrogens (tertiary/aromatic N) is 1. The van der Waals surface area contributed by atoms with Crippen molar-refractivity contribution >= 4 is 23.2 Å². The van der Waals surface area contributed by atoms with Crippen LogP contribution in [0.25, 0.3) is 0 Å². The molecule has 2 aromatic rings. The highest BCUT2D eigenvalue weighted by atomic mass is 35.5. The first-order chi connectivity index (χ1) is 12.4. The zero-order valence-corrected chi connectivity index (χ0v) is 15.9. The van der Waals surface area contributed by atoms with E-state index in [1.807, 2.05) is 13.0 Å². The lowest BCUT2D eigenvalue weighted by atomic mass is 10.1. The quantitative estimate of drug-likeness (QED) is 0.592. The number of halogens is 1. The molecule has 0 aromatic heterocycles. The topological polar surface area (TPSA) is 69.2 Å². The Labute approximate surface area is 157 Å². The third-order valence-electron chi connectivity index (χ3n) is 3.64. The van der Waals surface area contributed by atoms with Gasteiger partial charge in [0, 0.05) is 16.7 Å². The van der Waals surface area contributed by atoms with Gasteiger partial charge in [-0.15, -0.1) is 0 Å². The molecule has 0 aliphatic heterocycles. The molecule has 0 radical (unpaired) electrons. The molecule has 0 bridgehead atoms. The molecule has 0 heterocycles. The van der Waals surface area contributed by atoms with Crippen molar-refractivity contribution in [3.63, 3.8) is 0 Å². The molecule has 0 aliphatic rings. The maximum Gasteiger partial charge on any atom is 0.277 e. The van der Waals surface area contributed by atoms with Gasteiger partial charge in [0.05, 0.1) is 19.9 Å². The predicted octanol–water partition coefficient (Wildman–Crippen LogP) is 3.58. The predicted molar refractivity (Wildman–Crippen MR) is 102 cm³/mol. The SMILES string of the molecule is COc1ccc(/C(C)=N\NC(=O)COc2ccc(Cl)cc2C)c(OC)c1. The van der Waals surface area contributed by atoms with Gasteiger partial charge in [-0.05, 0) is 49.7 Å². The van der Waals surface area contributed by atoms with E-state index in [0.29, 0.717) is 28.0 Å². The van der Waals surface area contributed by atoms with E-state index < -0.39 is 0 Å². The number of carbonyl (C=O) groups is 1. The van der Waals surface area contributed by atoms with Gasteiger partial charge < -0.3 is 14.2 Å². The third kappa shape index (κ3) is 5.13. The summed E-state index contributed by atoms with van der Waals surface area (Å²) in [7, 11) is 3.14. The molecule has 0 fully saturated rings. The molecule has 0 aliphatic carbocycles. The number of hydrogen-bond donors (Lipinski definition) is 1. The lowest BCUT2D eigenvalue weighted by molar-refractivity contribution is -0.123. The molecule has 2 rings (SSSR count). The van der Waals surface area contributed by atoms with Gasteiger partial charge in [0.1, 0.15) is 17.2 Å². The molecule has 2 aromatic carbocycles. The van der Waals surface area contributed by atoms with E-state index in [-0.39, 0.29) is 12.5 Å². The Morgan fingerprint density at radius 3 is 2.54 bits per heavy atom. The Hall–Kier alpha value is -2.73. The Balaban J connectivity index is 1.98. The highest BCUT2D eigenvalue weighted by Gasteiger charge is 2.09. The van der Waals surface area contributed by atoms with Crippen molar-refractivity contribution in [3.8, 4) is 17.2 Å². The molecule has 7 heteroatoms. The highest BCUT2D eigenvalue weighted by molar-refractivity contribution is 6.30.